The number of carbonyl (C=O) groups excluding carboxylic acids is 5. The summed E-state index contributed by atoms with van der Waals surface area (Å²) in [5.41, 5.74) is 2.42. The Labute approximate surface area is 184 Å². The van der Waals surface area contributed by atoms with E-state index in [1.54, 1.807) is 55.5 Å². The summed E-state index contributed by atoms with van der Waals surface area (Å²) in [6.45, 7) is 1.83. The summed E-state index contributed by atoms with van der Waals surface area (Å²) in [6, 6.07) is 14.7. The van der Waals surface area contributed by atoms with Crippen molar-refractivity contribution in [2.75, 3.05) is 6.54 Å². The number of amides is 6. The third kappa shape index (κ3) is 3.41. The van der Waals surface area contributed by atoms with Crippen LogP contribution in [0, 0.1) is 0 Å². The zero-order chi connectivity index (χ0) is 22.9. The van der Waals surface area contributed by atoms with E-state index < -0.39 is 35.2 Å². The first-order valence-corrected chi connectivity index (χ1v) is 10.4. The molecule has 2 aliphatic heterocycles. The average molecular weight is 434 g/mol. The maximum Gasteiger partial charge on any atom is 0.344 e. The van der Waals surface area contributed by atoms with Gasteiger partial charge in [-0.1, -0.05) is 49.4 Å². The van der Waals surface area contributed by atoms with Gasteiger partial charge in [-0.3, -0.25) is 29.5 Å². The van der Waals surface area contributed by atoms with Gasteiger partial charge in [-0.2, -0.15) is 5.01 Å². The first-order chi connectivity index (χ1) is 15.4. The third-order valence-corrected chi connectivity index (χ3v) is 5.79. The Morgan fingerprint density at radius 2 is 1.53 bits per heavy atom. The molecule has 2 heterocycles. The van der Waals surface area contributed by atoms with Crippen LogP contribution in [0.4, 0.5) is 4.79 Å². The Morgan fingerprint density at radius 1 is 0.938 bits per heavy atom. The number of hydrogen-bond acceptors (Lipinski definition) is 5. The van der Waals surface area contributed by atoms with E-state index in [1.807, 2.05) is 6.07 Å². The fourth-order valence-electron chi connectivity index (χ4n) is 4.06. The highest BCUT2D eigenvalue weighted by atomic mass is 16.2. The molecular weight excluding hydrogens is 412 g/mol. The average Bonchev–Trinajstić information content (AvgIpc) is 3.20. The highest BCUT2D eigenvalue weighted by molar-refractivity contribution is 6.21. The van der Waals surface area contributed by atoms with Gasteiger partial charge in [0.2, 0.25) is 5.91 Å². The zero-order valence-corrected chi connectivity index (χ0v) is 17.5. The summed E-state index contributed by atoms with van der Waals surface area (Å²) in [7, 11) is 0. The number of imide groups is 2. The first-order valence-electron chi connectivity index (χ1n) is 10.4. The number of rotatable bonds is 7. The van der Waals surface area contributed by atoms with E-state index in [0.29, 0.717) is 28.1 Å². The van der Waals surface area contributed by atoms with Crippen LogP contribution in [-0.4, -0.2) is 46.1 Å². The standard InChI is InChI=1S/C23H22N4O5/c1-2-23(15-9-4-3-5-10-15)21(31)27(22(32)24-23)25-18(28)13-8-14-26-19(29)16-11-6-7-12-17(16)20(26)30/h3-7,9-12H,2,8,13-14H2,1H3,(H,24,32)(H,25,28)/t23-/m1/s1. The Balaban J connectivity index is 1.36. The van der Waals surface area contributed by atoms with Crippen LogP contribution >= 0.6 is 0 Å². The molecular formula is C23H22N4O5. The molecule has 0 unspecified atom stereocenters. The quantitative estimate of drug-likeness (QED) is 0.510. The van der Waals surface area contributed by atoms with Crippen LogP contribution in [0.25, 0.3) is 0 Å². The van der Waals surface area contributed by atoms with Crippen molar-refractivity contribution in [3.8, 4) is 0 Å². The topological polar surface area (TPSA) is 116 Å². The van der Waals surface area contributed by atoms with Crippen molar-refractivity contribution in [1.82, 2.24) is 20.7 Å². The van der Waals surface area contributed by atoms with Gasteiger partial charge in [-0.15, -0.1) is 0 Å². The molecule has 0 radical (unpaired) electrons. The van der Waals surface area contributed by atoms with E-state index >= 15 is 0 Å². The lowest BCUT2D eigenvalue weighted by atomic mass is 9.87. The summed E-state index contributed by atoms with van der Waals surface area (Å²) in [4.78, 5) is 63.8. The molecule has 1 fully saturated rings. The number of hydrogen-bond donors (Lipinski definition) is 2. The van der Waals surface area contributed by atoms with Gasteiger partial charge in [-0.25, -0.2) is 4.79 Å². The van der Waals surface area contributed by atoms with Crippen molar-refractivity contribution in [2.45, 2.75) is 31.7 Å². The molecule has 2 aromatic rings. The van der Waals surface area contributed by atoms with E-state index in [9.17, 15) is 24.0 Å². The molecule has 2 aromatic carbocycles. The molecule has 0 aliphatic carbocycles. The third-order valence-electron chi connectivity index (χ3n) is 5.79. The van der Waals surface area contributed by atoms with Crippen molar-refractivity contribution in [3.63, 3.8) is 0 Å². The monoisotopic (exact) mass is 434 g/mol. The number of nitrogens with zero attached hydrogens (tertiary/aromatic N) is 2. The van der Waals surface area contributed by atoms with Gasteiger partial charge in [0.15, 0.2) is 0 Å². The highest BCUT2D eigenvalue weighted by Gasteiger charge is 2.52. The second-order valence-electron chi connectivity index (χ2n) is 7.64. The minimum Gasteiger partial charge on any atom is -0.318 e. The molecule has 1 saturated heterocycles. The Morgan fingerprint density at radius 3 is 2.12 bits per heavy atom. The summed E-state index contributed by atoms with van der Waals surface area (Å²) in [6.07, 6.45) is 0.432. The smallest absolute Gasteiger partial charge is 0.318 e. The van der Waals surface area contributed by atoms with E-state index in [0.717, 1.165) is 4.90 Å². The molecule has 1 atom stereocenters. The van der Waals surface area contributed by atoms with Crippen LogP contribution in [0.5, 0.6) is 0 Å². The molecule has 0 spiro atoms. The van der Waals surface area contributed by atoms with Crippen LogP contribution in [0.2, 0.25) is 0 Å². The van der Waals surface area contributed by atoms with Crippen molar-refractivity contribution in [3.05, 3.63) is 71.3 Å². The summed E-state index contributed by atoms with van der Waals surface area (Å²) < 4.78 is 0. The van der Waals surface area contributed by atoms with E-state index in [2.05, 4.69) is 10.7 Å². The summed E-state index contributed by atoms with van der Waals surface area (Å²) in [5, 5.41) is 3.38. The number of hydrazine groups is 1. The van der Waals surface area contributed by atoms with Gasteiger partial charge in [0.1, 0.15) is 5.54 Å². The van der Waals surface area contributed by atoms with Gasteiger partial charge in [0.05, 0.1) is 11.1 Å². The van der Waals surface area contributed by atoms with Crippen LogP contribution < -0.4 is 10.7 Å². The summed E-state index contributed by atoms with van der Waals surface area (Å²) in [5.74, 6) is -1.92. The van der Waals surface area contributed by atoms with Gasteiger partial charge in [0.25, 0.3) is 17.7 Å². The fourth-order valence-corrected chi connectivity index (χ4v) is 4.06. The molecule has 0 aromatic heterocycles. The Hall–Kier alpha value is -4.01. The number of nitrogens with one attached hydrogen (secondary N) is 2. The predicted octanol–water partition coefficient (Wildman–Crippen LogP) is 1.95. The van der Waals surface area contributed by atoms with E-state index in [4.69, 9.17) is 0 Å². The van der Waals surface area contributed by atoms with Gasteiger partial charge in [-0.05, 0) is 30.5 Å². The maximum atomic E-state index is 13.0. The van der Waals surface area contributed by atoms with Gasteiger partial charge >= 0.3 is 6.03 Å². The Kier molecular flexibility index (Phi) is 5.48. The minimum atomic E-state index is -1.24. The molecule has 2 aliphatic rings. The van der Waals surface area contributed by atoms with E-state index in [-0.39, 0.29) is 19.4 Å². The number of urea groups is 1. The van der Waals surface area contributed by atoms with Crippen LogP contribution in [-0.2, 0) is 15.1 Å². The molecule has 9 heteroatoms. The minimum absolute atomic E-state index is 0.0584. The summed E-state index contributed by atoms with van der Waals surface area (Å²) >= 11 is 0. The maximum absolute atomic E-state index is 13.0. The highest BCUT2D eigenvalue weighted by Crippen LogP contribution is 2.31. The molecule has 0 saturated carbocycles. The number of carbonyl (C=O) groups is 5. The van der Waals surface area contributed by atoms with Crippen LogP contribution in [0.1, 0.15) is 52.5 Å². The number of benzene rings is 2. The first kappa shape index (κ1) is 21.2. The van der Waals surface area contributed by atoms with Crippen molar-refractivity contribution < 1.29 is 24.0 Å². The second-order valence-corrected chi connectivity index (χ2v) is 7.64. The van der Waals surface area contributed by atoms with Crippen molar-refractivity contribution >= 4 is 29.7 Å². The molecule has 32 heavy (non-hydrogen) atoms. The van der Waals surface area contributed by atoms with E-state index in [1.165, 1.54) is 0 Å². The molecule has 6 amide bonds. The van der Waals surface area contributed by atoms with Crippen molar-refractivity contribution in [2.24, 2.45) is 0 Å². The largest absolute Gasteiger partial charge is 0.344 e. The van der Waals surface area contributed by atoms with Crippen LogP contribution in [0.3, 0.4) is 0 Å². The molecule has 9 nitrogen and oxygen atoms in total. The predicted molar refractivity (Wildman–Crippen MR) is 113 cm³/mol. The lowest BCUT2D eigenvalue weighted by Crippen LogP contribution is -2.48. The fraction of sp³-hybridized carbons (Fsp3) is 0.261. The van der Waals surface area contributed by atoms with Crippen LogP contribution in [0.15, 0.2) is 54.6 Å². The SMILES string of the molecule is CC[C@]1(c2ccccc2)NC(=O)N(NC(=O)CCCN2C(=O)c3ccccc3C2=O)C1=O. The molecule has 164 valence electrons. The molecule has 2 N–H and O–H groups in total. The lowest BCUT2D eigenvalue weighted by molar-refractivity contribution is -0.139. The van der Waals surface area contributed by atoms with Gasteiger partial charge < -0.3 is 5.32 Å². The number of fused-ring (bicyclic) bond motifs is 1. The van der Waals surface area contributed by atoms with Crippen molar-refractivity contribution in [1.29, 1.82) is 0 Å². The van der Waals surface area contributed by atoms with Gasteiger partial charge in [0, 0.05) is 13.0 Å². The molecule has 0 bridgehead atoms. The lowest BCUT2D eigenvalue weighted by Gasteiger charge is -2.25. The Bertz CT molecular complexity index is 1080. The second kappa shape index (κ2) is 8.26. The molecule has 4 rings (SSSR count). The normalized spacial score (nSPS) is 19.9. The zero-order valence-electron chi connectivity index (χ0n) is 17.5.